The van der Waals surface area contributed by atoms with Crippen molar-refractivity contribution in [3.8, 4) is 17.6 Å². The first-order valence-electron chi connectivity index (χ1n) is 8.55. The number of aryl methyl sites for hydroxylation is 1. The van der Waals surface area contributed by atoms with Crippen LogP contribution in [-0.2, 0) is 14.3 Å². The van der Waals surface area contributed by atoms with Gasteiger partial charge in [-0.25, -0.2) is 4.79 Å². The molecule has 9 heteroatoms. The number of rotatable bonds is 7. The number of amides is 1. The molecule has 156 valence electrons. The molecule has 2 rings (SSSR count). The number of benzene rings is 2. The van der Waals surface area contributed by atoms with Crippen LogP contribution in [0, 0.1) is 18.3 Å². The number of hydrogen-bond donors (Lipinski definition) is 1. The van der Waals surface area contributed by atoms with Crippen molar-refractivity contribution in [2.24, 2.45) is 0 Å². The van der Waals surface area contributed by atoms with Gasteiger partial charge in [0.25, 0.3) is 5.91 Å². The highest BCUT2D eigenvalue weighted by atomic mass is 79.9. The van der Waals surface area contributed by atoms with Crippen LogP contribution in [0.2, 0.25) is 5.02 Å². The first-order chi connectivity index (χ1) is 14.3. The van der Waals surface area contributed by atoms with E-state index in [1.165, 1.54) is 20.3 Å². The molecule has 0 atom stereocenters. The molecule has 1 amide bonds. The van der Waals surface area contributed by atoms with E-state index >= 15 is 0 Å². The van der Waals surface area contributed by atoms with E-state index in [1.54, 1.807) is 30.3 Å². The lowest BCUT2D eigenvalue weighted by Crippen LogP contribution is -2.14. The topological polar surface area (TPSA) is 97.7 Å². The van der Waals surface area contributed by atoms with Crippen molar-refractivity contribution in [2.45, 2.75) is 6.92 Å². The Balaban J connectivity index is 2.31. The molecule has 2 aromatic carbocycles. The van der Waals surface area contributed by atoms with Gasteiger partial charge in [0.1, 0.15) is 11.6 Å². The standard InChI is InChI=1S/C21H18BrClN2O5/c1-12-4-5-15(23)9-17(12)25-21(27)14(10-24)6-13-7-16(22)20(18(8-13)28-2)30-11-19(26)29-3/h4-9H,11H2,1-3H3,(H,25,27)/b14-6+. The van der Waals surface area contributed by atoms with E-state index in [-0.39, 0.29) is 17.9 Å². The number of anilines is 1. The van der Waals surface area contributed by atoms with Gasteiger partial charge < -0.3 is 19.5 Å². The van der Waals surface area contributed by atoms with Crippen LogP contribution in [0.15, 0.2) is 40.4 Å². The molecule has 0 aliphatic heterocycles. The summed E-state index contributed by atoms with van der Waals surface area (Å²) >= 11 is 9.32. The fraction of sp³-hybridized carbons (Fsp3) is 0.190. The molecule has 0 radical (unpaired) electrons. The maximum absolute atomic E-state index is 12.6. The van der Waals surface area contributed by atoms with Gasteiger partial charge in [0.15, 0.2) is 18.1 Å². The van der Waals surface area contributed by atoms with Gasteiger partial charge in [-0.05, 0) is 64.3 Å². The lowest BCUT2D eigenvalue weighted by Gasteiger charge is -2.13. The van der Waals surface area contributed by atoms with E-state index < -0.39 is 11.9 Å². The van der Waals surface area contributed by atoms with Crippen LogP contribution in [0.25, 0.3) is 6.08 Å². The van der Waals surface area contributed by atoms with Gasteiger partial charge in [0.2, 0.25) is 0 Å². The van der Waals surface area contributed by atoms with Gasteiger partial charge in [-0.1, -0.05) is 17.7 Å². The van der Waals surface area contributed by atoms with Crippen LogP contribution in [0.4, 0.5) is 5.69 Å². The minimum absolute atomic E-state index is 0.119. The zero-order chi connectivity index (χ0) is 22.3. The van der Waals surface area contributed by atoms with Crippen molar-refractivity contribution in [1.82, 2.24) is 0 Å². The van der Waals surface area contributed by atoms with Crippen LogP contribution in [0.5, 0.6) is 11.5 Å². The summed E-state index contributed by atoms with van der Waals surface area (Å²) in [6.07, 6.45) is 1.41. The highest BCUT2D eigenvalue weighted by molar-refractivity contribution is 9.10. The molecule has 0 spiro atoms. The third-order valence-corrected chi connectivity index (χ3v) is 4.76. The summed E-state index contributed by atoms with van der Waals surface area (Å²) < 4.78 is 15.7. The first kappa shape index (κ1) is 23.3. The Kier molecular flexibility index (Phi) is 8.27. The zero-order valence-electron chi connectivity index (χ0n) is 16.4. The fourth-order valence-electron chi connectivity index (χ4n) is 2.39. The Morgan fingerprint density at radius 1 is 1.27 bits per heavy atom. The molecule has 1 N–H and O–H groups in total. The van der Waals surface area contributed by atoms with Crippen LogP contribution in [0.1, 0.15) is 11.1 Å². The number of ether oxygens (including phenoxy) is 3. The molecule has 30 heavy (non-hydrogen) atoms. The lowest BCUT2D eigenvalue weighted by molar-refractivity contribution is -0.142. The number of nitriles is 1. The quantitative estimate of drug-likeness (QED) is 0.346. The highest BCUT2D eigenvalue weighted by Crippen LogP contribution is 2.37. The normalized spacial score (nSPS) is 10.7. The zero-order valence-corrected chi connectivity index (χ0v) is 18.8. The number of halogens is 2. The number of nitrogens with one attached hydrogen (secondary N) is 1. The van der Waals surface area contributed by atoms with E-state index in [4.69, 9.17) is 21.1 Å². The van der Waals surface area contributed by atoms with Gasteiger partial charge in [-0.2, -0.15) is 5.26 Å². The molecular formula is C21H18BrClN2O5. The average molecular weight is 494 g/mol. The molecule has 0 bridgehead atoms. The Morgan fingerprint density at radius 2 is 2.00 bits per heavy atom. The number of carbonyl (C=O) groups is 2. The van der Waals surface area contributed by atoms with Crippen molar-refractivity contribution >= 4 is 51.2 Å². The van der Waals surface area contributed by atoms with Crippen LogP contribution in [0.3, 0.4) is 0 Å². The van der Waals surface area contributed by atoms with Crippen LogP contribution >= 0.6 is 27.5 Å². The summed E-state index contributed by atoms with van der Waals surface area (Å²) in [6.45, 7) is 1.52. The van der Waals surface area contributed by atoms with Crippen molar-refractivity contribution in [3.63, 3.8) is 0 Å². The molecule has 0 saturated carbocycles. The van der Waals surface area contributed by atoms with E-state index in [0.29, 0.717) is 26.5 Å². The summed E-state index contributed by atoms with van der Waals surface area (Å²) in [4.78, 5) is 23.9. The second kappa shape index (κ2) is 10.7. The Labute approximate surface area is 187 Å². The summed E-state index contributed by atoms with van der Waals surface area (Å²) in [5, 5.41) is 12.6. The summed E-state index contributed by atoms with van der Waals surface area (Å²) in [7, 11) is 2.69. The molecule has 0 aromatic heterocycles. The largest absolute Gasteiger partial charge is 0.493 e. The van der Waals surface area contributed by atoms with Gasteiger partial charge in [0, 0.05) is 10.7 Å². The average Bonchev–Trinajstić information content (AvgIpc) is 2.72. The SMILES string of the molecule is COC(=O)COc1c(Br)cc(/C=C(\C#N)C(=O)Nc2cc(Cl)ccc2C)cc1OC. The Bertz CT molecular complexity index is 1050. The van der Waals surface area contributed by atoms with E-state index in [9.17, 15) is 14.9 Å². The summed E-state index contributed by atoms with van der Waals surface area (Å²) in [5.41, 5.74) is 1.71. The summed E-state index contributed by atoms with van der Waals surface area (Å²) in [6, 6.07) is 10.2. The third kappa shape index (κ3) is 5.99. The number of carbonyl (C=O) groups excluding carboxylic acids is 2. The minimum Gasteiger partial charge on any atom is -0.493 e. The Morgan fingerprint density at radius 3 is 2.63 bits per heavy atom. The second-order valence-electron chi connectivity index (χ2n) is 5.98. The number of methoxy groups -OCH3 is 2. The Hall–Kier alpha value is -3.02. The highest BCUT2D eigenvalue weighted by Gasteiger charge is 2.16. The number of hydrogen-bond acceptors (Lipinski definition) is 6. The third-order valence-electron chi connectivity index (χ3n) is 3.94. The van der Waals surface area contributed by atoms with Gasteiger partial charge >= 0.3 is 5.97 Å². The maximum atomic E-state index is 12.6. The van der Waals surface area contributed by atoms with Gasteiger partial charge in [-0.3, -0.25) is 4.79 Å². The molecule has 0 saturated heterocycles. The van der Waals surface area contributed by atoms with E-state index in [0.717, 1.165) is 5.56 Å². The first-order valence-corrected chi connectivity index (χ1v) is 9.72. The van der Waals surface area contributed by atoms with Crippen LogP contribution in [-0.4, -0.2) is 32.7 Å². The van der Waals surface area contributed by atoms with Crippen molar-refractivity contribution in [1.29, 1.82) is 5.26 Å². The van der Waals surface area contributed by atoms with Gasteiger partial charge in [0.05, 0.1) is 18.7 Å². The molecule has 2 aromatic rings. The van der Waals surface area contributed by atoms with Crippen LogP contribution < -0.4 is 14.8 Å². The lowest BCUT2D eigenvalue weighted by atomic mass is 10.1. The molecule has 0 unspecified atom stereocenters. The maximum Gasteiger partial charge on any atom is 0.343 e. The second-order valence-corrected chi connectivity index (χ2v) is 7.27. The van der Waals surface area contributed by atoms with Crippen molar-refractivity contribution < 1.29 is 23.8 Å². The molecule has 7 nitrogen and oxygen atoms in total. The number of esters is 1. The molecule has 0 aliphatic carbocycles. The molecule has 0 fully saturated rings. The predicted molar refractivity (Wildman–Crippen MR) is 117 cm³/mol. The number of nitrogens with zero attached hydrogens (tertiary/aromatic N) is 1. The van der Waals surface area contributed by atoms with Gasteiger partial charge in [-0.15, -0.1) is 0 Å². The smallest absolute Gasteiger partial charge is 0.343 e. The van der Waals surface area contributed by atoms with Crippen molar-refractivity contribution in [2.75, 3.05) is 26.1 Å². The molecule has 0 heterocycles. The predicted octanol–water partition coefficient (Wildman–Crippen LogP) is 4.52. The minimum atomic E-state index is -0.580. The fourth-order valence-corrected chi connectivity index (χ4v) is 3.13. The van der Waals surface area contributed by atoms with E-state index in [2.05, 4.69) is 26.0 Å². The molecular weight excluding hydrogens is 476 g/mol. The molecule has 0 aliphatic rings. The summed E-state index contributed by atoms with van der Waals surface area (Å²) in [5.74, 6) is -0.530. The van der Waals surface area contributed by atoms with Crippen molar-refractivity contribution in [3.05, 3.63) is 56.5 Å². The van der Waals surface area contributed by atoms with E-state index in [1.807, 2.05) is 13.0 Å². The monoisotopic (exact) mass is 492 g/mol.